The van der Waals surface area contributed by atoms with Gasteiger partial charge in [0.05, 0.1) is 9.15 Å². The summed E-state index contributed by atoms with van der Waals surface area (Å²) >= 11 is 7.85. The zero-order chi connectivity index (χ0) is 19.8. The second-order valence-electron chi connectivity index (χ2n) is 6.96. The summed E-state index contributed by atoms with van der Waals surface area (Å²) in [5.74, 6) is 0. The van der Waals surface area contributed by atoms with Crippen molar-refractivity contribution in [2.24, 2.45) is 0 Å². The van der Waals surface area contributed by atoms with Gasteiger partial charge in [0.25, 0.3) is 0 Å². The molecule has 0 spiro atoms. The van der Waals surface area contributed by atoms with Gasteiger partial charge >= 0.3 is 6.97 Å². The first-order chi connectivity index (χ1) is 12.6. The van der Waals surface area contributed by atoms with Crippen molar-refractivity contribution in [3.63, 3.8) is 0 Å². The average Bonchev–Trinajstić information content (AvgIpc) is 2.98. The van der Waals surface area contributed by atoms with E-state index in [1.807, 2.05) is 38.1 Å². The Hall–Kier alpha value is -0.485. The van der Waals surface area contributed by atoms with Crippen LogP contribution in [0.5, 0.6) is 0 Å². The van der Waals surface area contributed by atoms with Crippen LogP contribution in [0.4, 0.5) is 8.63 Å². The zero-order valence-electron chi connectivity index (χ0n) is 15.2. The van der Waals surface area contributed by atoms with E-state index in [0.717, 1.165) is 33.9 Å². The van der Waals surface area contributed by atoms with Crippen molar-refractivity contribution < 1.29 is 13.1 Å². The van der Waals surface area contributed by atoms with Crippen LogP contribution in [0.15, 0.2) is 43.6 Å². The molecule has 0 aliphatic carbocycles. The highest BCUT2D eigenvalue weighted by molar-refractivity contribution is 14.1. The van der Waals surface area contributed by atoms with Crippen molar-refractivity contribution in [3.05, 3.63) is 69.7 Å². The molecule has 0 amide bonds. The molecule has 1 aromatic heterocycles. The van der Waals surface area contributed by atoms with Crippen LogP contribution in [-0.4, -0.2) is 21.6 Å². The maximum Gasteiger partial charge on any atom is 0.737 e. The molecule has 0 unspecified atom stereocenters. The highest BCUT2D eigenvalue weighted by Gasteiger charge is 2.56. The van der Waals surface area contributed by atoms with Gasteiger partial charge < -0.3 is 17.6 Å². The van der Waals surface area contributed by atoms with Crippen LogP contribution in [0.25, 0.3) is 5.57 Å². The number of benzene rings is 1. The fourth-order valence-electron chi connectivity index (χ4n) is 4.17. The van der Waals surface area contributed by atoms with Crippen molar-refractivity contribution >= 4 is 79.4 Å². The maximum atomic E-state index is 15.8. The van der Waals surface area contributed by atoms with Gasteiger partial charge in [-0.05, 0) is 94.9 Å². The quantitative estimate of drug-likeness (QED) is 0.240. The minimum Gasteiger partial charge on any atom is -0.392 e. The van der Waals surface area contributed by atoms with Crippen LogP contribution in [0.1, 0.15) is 36.4 Å². The molecule has 1 aromatic carbocycles. The molecule has 0 atom stereocenters. The van der Waals surface area contributed by atoms with Gasteiger partial charge in [-0.15, -0.1) is 0 Å². The highest BCUT2D eigenvalue weighted by atomic mass is 127. The summed E-state index contributed by atoms with van der Waals surface area (Å²) in [6.07, 6.45) is 0. The summed E-state index contributed by atoms with van der Waals surface area (Å²) in [4.78, 5) is 0. The molecule has 0 bridgehead atoms. The molecule has 2 aliphatic rings. The van der Waals surface area contributed by atoms with E-state index in [-0.39, 0.29) is 0 Å². The zero-order valence-corrected chi connectivity index (χ0v) is 21.1. The largest absolute Gasteiger partial charge is 0.737 e. The lowest BCUT2D eigenvalue weighted by molar-refractivity contribution is -0.363. The summed E-state index contributed by atoms with van der Waals surface area (Å²) in [5, 5.41) is 0. The van der Waals surface area contributed by atoms with E-state index in [0.29, 0.717) is 22.8 Å². The summed E-state index contributed by atoms with van der Waals surface area (Å²) in [6, 6.07) is 7.91. The van der Waals surface area contributed by atoms with Crippen LogP contribution in [0.3, 0.4) is 0 Å². The Morgan fingerprint density at radius 2 is 1.63 bits per heavy atom. The topological polar surface area (TPSA) is 7.94 Å². The molecule has 0 saturated carbocycles. The summed E-state index contributed by atoms with van der Waals surface area (Å²) < 4.78 is 36.9. The Kier molecular flexibility index (Phi) is 4.78. The molecular formula is C19H16BBrF2I2N2. The summed E-state index contributed by atoms with van der Waals surface area (Å²) in [7, 11) is 0. The van der Waals surface area contributed by atoms with Gasteiger partial charge in [0.1, 0.15) is 5.71 Å². The number of rotatable bonds is 1. The van der Waals surface area contributed by atoms with E-state index >= 15 is 8.63 Å². The van der Waals surface area contributed by atoms with E-state index in [1.54, 1.807) is 13.8 Å². The minimum atomic E-state index is -3.95. The van der Waals surface area contributed by atoms with Crippen molar-refractivity contribution in [2.45, 2.75) is 27.7 Å². The van der Waals surface area contributed by atoms with Gasteiger partial charge in [0.2, 0.25) is 0 Å². The second-order valence-corrected chi connectivity index (χ2v) is 10.0. The smallest absolute Gasteiger partial charge is 0.392 e. The van der Waals surface area contributed by atoms with Crippen LogP contribution >= 0.6 is 61.1 Å². The maximum absolute atomic E-state index is 15.8. The molecule has 3 heterocycles. The fourth-order valence-corrected chi connectivity index (χ4v) is 5.46. The molecular weight excluding hydrogens is 639 g/mol. The molecule has 140 valence electrons. The van der Waals surface area contributed by atoms with Gasteiger partial charge in [0, 0.05) is 26.2 Å². The molecule has 0 N–H and O–H groups in total. The number of aromatic nitrogens is 1. The van der Waals surface area contributed by atoms with E-state index in [1.165, 1.54) is 8.96 Å². The van der Waals surface area contributed by atoms with Crippen molar-refractivity contribution in [1.29, 1.82) is 0 Å². The van der Waals surface area contributed by atoms with Crippen LogP contribution in [-0.2, 0) is 0 Å². The first-order valence-electron chi connectivity index (χ1n) is 8.49. The molecule has 0 saturated heterocycles. The number of hydrogen-bond acceptors (Lipinski definition) is 0. The number of fused-ring (bicyclic) bond motifs is 2. The van der Waals surface area contributed by atoms with Crippen LogP contribution in [0, 0.1) is 17.4 Å². The molecule has 2 nitrogen and oxygen atoms in total. The number of allylic oxidation sites excluding steroid dienone is 2. The molecule has 27 heavy (non-hydrogen) atoms. The lowest BCUT2D eigenvalue weighted by atomic mass is 9.84. The summed E-state index contributed by atoms with van der Waals surface area (Å²) in [6.45, 7) is 3.50. The van der Waals surface area contributed by atoms with Gasteiger partial charge in [0.15, 0.2) is 5.70 Å². The van der Waals surface area contributed by atoms with E-state index < -0.39 is 6.97 Å². The fraction of sp³-hybridized carbons (Fsp3) is 0.211. The van der Waals surface area contributed by atoms with Gasteiger partial charge in [-0.1, -0.05) is 28.1 Å². The second kappa shape index (κ2) is 6.51. The normalized spacial score (nSPS) is 18.4. The molecule has 0 fully saturated rings. The Bertz CT molecular complexity index is 1110. The van der Waals surface area contributed by atoms with E-state index in [4.69, 9.17) is 0 Å². The number of hydrogen-bond donors (Lipinski definition) is 0. The van der Waals surface area contributed by atoms with Crippen molar-refractivity contribution in [2.75, 3.05) is 0 Å². The van der Waals surface area contributed by atoms with Crippen molar-refractivity contribution in [3.8, 4) is 0 Å². The third-order valence-corrected chi connectivity index (χ3v) is 9.14. The van der Waals surface area contributed by atoms with E-state index in [9.17, 15) is 0 Å². The predicted octanol–water partition coefficient (Wildman–Crippen LogP) is 6.66. The highest BCUT2D eigenvalue weighted by Crippen LogP contribution is 2.47. The minimum absolute atomic E-state index is 0.620. The first kappa shape index (κ1) is 19.8. The molecule has 2 aromatic rings. The van der Waals surface area contributed by atoms with Gasteiger partial charge in [-0.25, -0.2) is 0 Å². The third-order valence-electron chi connectivity index (χ3n) is 5.44. The Morgan fingerprint density at radius 3 is 2.22 bits per heavy atom. The van der Waals surface area contributed by atoms with Crippen LogP contribution < -0.4 is 0 Å². The summed E-state index contributed by atoms with van der Waals surface area (Å²) in [5.41, 5.74) is 6.15. The predicted molar refractivity (Wildman–Crippen MR) is 128 cm³/mol. The standard InChI is InChI=1S/C19H16BBrF2I2N2/c1-9-16(24)11(3)26-18(9)15(13-5-7-14(21)8-6-13)19-10(2)17(25)12(4)27(19)20(26,22)23/h5-8H,1-4H3. The lowest BCUT2D eigenvalue weighted by Gasteiger charge is -2.33. The SMILES string of the molecule is CC1=C(I)C(C)=[N+]2C1=C(c1ccc(Br)cc1)c1c(C)c(I)c(C)n1[B-]2(F)F. The molecule has 2 aliphatic heterocycles. The Labute approximate surface area is 192 Å². The first-order valence-corrected chi connectivity index (χ1v) is 11.4. The molecule has 4 rings (SSSR count). The molecule has 0 radical (unpaired) electrons. The van der Waals surface area contributed by atoms with Gasteiger partial charge in [-0.2, -0.15) is 0 Å². The number of nitrogens with zero attached hydrogens (tertiary/aromatic N) is 2. The van der Waals surface area contributed by atoms with E-state index in [2.05, 4.69) is 61.1 Å². The van der Waals surface area contributed by atoms with Gasteiger partial charge in [-0.3, -0.25) is 0 Å². The monoisotopic (exact) mass is 654 g/mol. The number of halogens is 5. The molecule has 8 heteroatoms. The van der Waals surface area contributed by atoms with Crippen LogP contribution in [0.2, 0.25) is 0 Å². The van der Waals surface area contributed by atoms with Crippen molar-refractivity contribution in [1.82, 2.24) is 4.48 Å². The average molecular weight is 655 g/mol. The Morgan fingerprint density at radius 1 is 1.04 bits per heavy atom. The lowest BCUT2D eigenvalue weighted by Crippen LogP contribution is -2.51. The third kappa shape index (κ3) is 2.61. The Balaban J connectivity index is 2.22.